The number of aliphatic imine (C=N–C) groups is 1. The van der Waals surface area contributed by atoms with Crippen LogP contribution < -0.4 is 27.0 Å². The van der Waals surface area contributed by atoms with Crippen LogP contribution in [0.4, 0.5) is 0 Å². The van der Waals surface area contributed by atoms with Crippen molar-refractivity contribution in [3.63, 3.8) is 0 Å². The van der Waals surface area contributed by atoms with Crippen LogP contribution in [0, 0.1) is 0 Å². The zero-order chi connectivity index (χ0) is 24.8. The van der Waals surface area contributed by atoms with Crippen LogP contribution in [0.1, 0.15) is 12.0 Å². The number of nitrogens with zero attached hydrogens (tertiary/aromatic N) is 2. The minimum Gasteiger partial charge on any atom is -0.378 e. The number of nitrogens with two attached hydrogens (primary N) is 1. The highest BCUT2D eigenvalue weighted by molar-refractivity contribution is 7.99. The first-order valence-corrected chi connectivity index (χ1v) is 12.5. The molecular weight excluding hydrogens is 450 g/mol. The van der Waals surface area contributed by atoms with Crippen molar-refractivity contribution < 1.29 is 9.59 Å². The van der Waals surface area contributed by atoms with Crippen LogP contribution >= 0.6 is 11.8 Å². The van der Waals surface area contributed by atoms with Gasteiger partial charge in [-0.05, 0) is 24.2 Å². The third-order valence-electron chi connectivity index (χ3n) is 5.54. The monoisotopic (exact) mass is 487 g/mol. The van der Waals surface area contributed by atoms with E-state index in [4.69, 9.17) is 5.73 Å². The number of nitrogens with one attached hydrogen (secondary N) is 4. The van der Waals surface area contributed by atoms with E-state index < -0.39 is 0 Å². The van der Waals surface area contributed by atoms with E-state index in [1.165, 1.54) is 0 Å². The molecule has 1 aliphatic heterocycles. The van der Waals surface area contributed by atoms with Gasteiger partial charge >= 0.3 is 0 Å². The van der Waals surface area contributed by atoms with Gasteiger partial charge in [-0.2, -0.15) is 11.8 Å². The van der Waals surface area contributed by atoms with Crippen LogP contribution in [-0.4, -0.2) is 80.0 Å². The van der Waals surface area contributed by atoms with Crippen molar-refractivity contribution in [2.24, 2.45) is 10.7 Å². The summed E-state index contributed by atoms with van der Waals surface area (Å²) in [6, 6.07) is 9.10. The number of guanidine groups is 1. The van der Waals surface area contributed by atoms with Crippen LogP contribution in [-0.2, 0) is 16.0 Å². The molecule has 1 aromatic carbocycles. The first kappa shape index (κ1) is 27.1. The number of rotatable bonds is 13. The predicted molar refractivity (Wildman–Crippen MR) is 140 cm³/mol. The molecule has 1 aromatic rings. The molecule has 1 saturated heterocycles. The van der Waals surface area contributed by atoms with Gasteiger partial charge < -0.3 is 31.9 Å². The highest BCUT2D eigenvalue weighted by Gasteiger charge is 2.22. The van der Waals surface area contributed by atoms with Crippen LogP contribution in [0.5, 0.6) is 0 Å². The summed E-state index contributed by atoms with van der Waals surface area (Å²) in [5.41, 5.74) is 8.26. The van der Waals surface area contributed by atoms with Crippen LogP contribution in [0.15, 0.2) is 59.9 Å². The van der Waals surface area contributed by atoms with Crippen LogP contribution in [0.3, 0.4) is 0 Å². The van der Waals surface area contributed by atoms with E-state index in [0.29, 0.717) is 31.0 Å². The Bertz CT molecular complexity index is 839. The quantitative estimate of drug-likeness (QED) is 0.155. The maximum Gasteiger partial charge on any atom is 0.239 e. The largest absolute Gasteiger partial charge is 0.378 e. The molecule has 9 nitrogen and oxygen atoms in total. The van der Waals surface area contributed by atoms with E-state index in [9.17, 15) is 9.59 Å². The molecule has 0 spiro atoms. The molecule has 0 aliphatic carbocycles. The van der Waals surface area contributed by atoms with Gasteiger partial charge in [-0.3, -0.25) is 14.6 Å². The minimum absolute atomic E-state index is 0.0155. The van der Waals surface area contributed by atoms with Crippen LogP contribution in [0.25, 0.3) is 0 Å². The zero-order valence-corrected chi connectivity index (χ0v) is 20.7. The molecule has 186 valence electrons. The normalized spacial score (nSPS) is 15.9. The Kier molecular flexibility index (Phi) is 11.9. The van der Waals surface area contributed by atoms with Gasteiger partial charge in [-0.1, -0.05) is 43.5 Å². The van der Waals surface area contributed by atoms with Crippen molar-refractivity contribution in [3.8, 4) is 0 Å². The van der Waals surface area contributed by atoms with Crippen molar-refractivity contribution in [2.45, 2.75) is 24.9 Å². The lowest BCUT2D eigenvalue weighted by atomic mass is 10.0. The van der Waals surface area contributed by atoms with Crippen molar-refractivity contribution in [1.29, 1.82) is 0 Å². The molecule has 2 unspecified atom stereocenters. The highest BCUT2D eigenvalue weighted by Crippen LogP contribution is 2.16. The van der Waals surface area contributed by atoms with Gasteiger partial charge in [0.1, 0.15) is 0 Å². The molecular formula is C24H37N7O2S. The lowest BCUT2D eigenvalue weighted by Gasteiger charge is -2.31. The molecule has 2 atom stereocenters. The summed E-state index contributed by atoms with van der Waals surface area (Å²) in [6.45, 7) is 10.5. The van der Waals surface area contributed by atoms with Crippen molar-refractivity contribution in [3.05, 3.63) is 60.4 Å². The zero-order valence-electron chi connectivity index (χ0n) is 19.9. The lowest BCUT2D eigenvalue weighted by Crippen LogP contribution is -2.51. The molecule has 6 N–H and O–H groups in total. The average molecular weight is 488 g/mol. The summed E-state index contributed by atoms with van der Waals surface area (Å²) in [6.07, 6.45) is 2.29. The second-order valence-electron chi connectivity index (χ2n) is 7.96. The molecule has 1 aliphatic rings. The first-order chi connectivity index (χ1) is 16.4. The standard InChI is InChI=1S/C24H37N7O2S/c1-18(21(29-17-32)14-20-8-5-4-6-9-20)27-16-23(33)30-22(15-28-24(25)26-3)19(2)31-10-7-12-34-13-11-31/h4-6,8-9,17,21-22,27H,1-2,7,10-16H2,3H3,(H,29,32)(H,30,33)(H3,25,26,28). The Balaban J connectivity index is 1.96. The summed E-state index contributed by atoms with van der Waals surface area (Å²) < 4.78 is 0. The van der Waals surface area contributed by atoms with Crippen molar-refractivity contribution in [2.75, 3.05) is 44.7 Å². The number of hydrogen-bond acceptors (Lipinski definition) is 6. The van der Waals surface area contributed by atoms with Crippen molar-refractivity contribution in [1.82, 2.24) is 26.2 Å². The summed E-state index contributed by atoms with van der Waals surface area (Å²) >= 11 is 1.93. The van der Waals surface area contributed by atoms with E-state index in [-0.39, 0.29) is 24.5 Å². The summed E-state index contributed by atoms with van der Waals surface area (Å²) in [5.74, 6) is 2.24. The van der Waals surface area contributed by atoms with E-state index in [0.717, 1.165) is 42.3 Å². The topological polar surface area (TPSA) is 124 Å². The lowest BCUT2D eigenvalue weighted by molar-refractivity contribution is -0.120. The number of carbonyl (C=O) groups is 2. The molecule has 0 radical (unpaired) electrons. The molecule has 2 amide bonds. The second kappa shape index (κ2) is 14.9. The third kappa shape index (κ3) is 9.38. The highest BCUT2D eigenvalue weighted by atomic mass is 32.2. The minimum atomic E-state index is -0.348. The Morgan fingerprint density at radius 1 is 1.21 bits per heavy atom. The molecule has 34 heavy (non-hydrogen) atoms. The summed E-state index contributed by atoms with van der Waals surface area (Å²) in [7, 11) is 1.60. The number of amides is 2. The smallest absolute Gasteiger partial charge is 0.239 e. The fourth-order valence-electron chi connectivity index (χ4n) is 3.57. The van der Waals surface area contributed by atoms with E-state index in [2.05, 4.69) is 44.3 Å². The van der Waals surface area contributed by atoms with Gasteiger partial charge in [-0.25, -0.2) is 0 Å². The average Bonchev–Trinajstić information content (AvgIpc) is 3.14. The Morgan fingerprint density at radius 2 is 1.97 bits per heavy atom. The van der Waals surface area contributed by atoms with E-state index in [1.54, 1.807) is 7.05 Å². The van der Waals surface area contributed by atoms with Gasteiger partial charge in [0.05, 0.1) is 18.6 Å². The molecule has 0 saturated carbocycles. The predicted octanol–water partition coefficient (Wildman–Crippen LogP) is 0.419. The Labute approximate surface area is 206 Å². The summed E-state index contributed by atoms with van der Waals surface area (Å²) in [5, 5.41) is 11.9. The molecule has 0 bridgehead atoms. The van der Waals surface area contributed by atoms with Gasteiger partial charge in [0.25, 0.3) is 0 Å². The number of benzene rings is 1. The van der Waals surface area contributed by atoms with Crippen LogP contribution in [0.2, 0.25) is 0 Å². The first-order valence-electron chi connectivity index (χ1n) is 11.4. The maximum absolute atomic E-state index is 12.8. The maximum atomic E-state index is 12.8. The molecule has 1 heterocycles. The van der Waals surface area contributed by atoms with E-state index >= 15 is 0 Å². The summed E-state index contributed by atoms with van der Waals surface area (Å²) in [4.78, 5) is 30.0. The SMILES string of the molecule is C=C(NCC(=O)NC(CNC(N)=NC)C(=C)N1CCCSCC1)C(Cc1ccccc1)NC=O. The number of hydrogen-bond donors (Lipinski definition) is 5. The fraction of sp³-hybridized carbons (Fsp3) is 0.458. The van der Waals surface area contributed by atoms with Gasteiger partial charge in [0.15, 0.2) is 5.96 Å². The molecule has 10 heteroatoms. The fourth-order valence-corrected chi connectivity index (χ4v) is 4.46. The number of carbonyl (C=O) groups excluding carboxylic acids is 2. The third-order valence-corrected chi connectivity index (χ3v) is 6.59. The molecule has 1 fully saturated rings. The van der Waals surface area contributed by atoms with Gasteiger partial charge in [-0.15, -0.1) is 0 Å². The van der Waals surface area contributed by atoms with Crippen molar-refractivity contribution >= 4 is 30.0 Å². The Hall–Kier alpha value is -3.14. The van der Waals surface area contributed by atoms with Gasteiger partial charge in [0, 0.05) is 43.8 Å². The second-order valence-corrected chi connectivity index (χ2v) is 9.18. The van der Waals surface area contributed by atoms with Gasteiger partial charge in [0.2, 0.25) is 12.3 Å². The molecule has 2 rings (SSSR count). The Morgan fingerprint density at radius 3 is 2.68 bits per heavy atom. The molecule has 0 aromatic heterocycles. The van der Waals surface area contributed by atoms with E-state index in [1.807, 2.05) is 42.1 Å². The number of thioether (sulfide) groups is 1.